The van der Waals surface area contributed by atoms with Crippen molar-refractivity contribution in [3.8, 4) is 0 Å². The van der Waals surface area contributed by atoms with Gasteiger partial charge >= 0.3 is 0 Å². The zero-order valence-electron chi connectivity index (χ0n) is 17.6. The number of fused-ring (bicyclic) bond motifs is 2. The van der Waals surface area contributed by atoms with E-state index in [2.05, 4.69) is 20.4 Å². The number of aromatic nitrogens is 4. The van der Waals surface area contributed by atoms with E-state index in [0.717, 1.165) is 38.9 Å². The molecule has 0 saturated carbocycles. The first-order valence-electron chi connectivity index (χ1n) is 10.5. The average molecular weight is 444 g/mol. The van der Waals surface area contributed by atoms with Crippen molar-refractivity contribution in [3.05, 3.63) is 94.4 Å². The highest BCUT2D eigenvalue weighted by molar-refractivity contribution is 6.30. The van der Waals surface area contributed by atoms with Crippen molar-refractivity contribution >= 4 is 39.4 Å². The van der Waals surface area contributed by atoms with E-state index in [1.54, 1.807) is 0 Å². The monoisotopic (exact) mass is 443 g/mol. The van der Waals surface area contributed by atoms with Crippen molar-refractivity contribution < 1.29 is 4.79 Å². The van der Waals surface area contributed by atoms with Crippen LogP contribution in [0, 0.1) is 6.92 Å². The van der Waals surface area contributed by atoms with E-state index in [1.807, 2.05) is 78.3 Å². The molecule has 5 aromatic rings. The summed E-state index contributed by atoms with van der Waals surface area (Å²) in [4.78, 5) is 20.9. The van der Waals surface area contributed by atoms with Crippen LogP contribution in [0.1, 0.15) is 27.4 Å². The molecule has 3 aromatic carbocycles. The molecule has 0 radical (unpaired) electrons. The number of amides is 1. The van der Waals surface area contributed by atoms with Gasteiger partial charge in [0.2, 0.25) is 0 Å². The van der Waals surface area contributed by atoms with Crippen LogP contribution in [0.25, 0.3) is 21.9 Å². The minimum absolute atomic E-state index is 0.191. The summed E-state index contributed by atoms with van der Waals surface area (Å²) in [5.74, 6) is 0.663. The van der Waals surface area contributed by atoms with Gasteiger partial charge in [0, 0.05) is 23.4 Å². The summed E-state index contributed by atoms with van der Waals surface area (Å²) in [5.41, 5.74) is 5.52. The first kappa shape index (κ1) is 20.3. The Hall–Kier alpha value is -3.64. The zero-order valence-corrected chi connectivity index (χ0v) is 18.4. The van der Waals surface area contributed by atoms with Crippen LogP contribution in [0.2, 0.25) is 5.02 Å². The quantitative estimate of drug-likeness (QED) is 0.392. The molecular formula is C25H22ClN5O. The highest BCUT2D eigenvalue weighted by atomic mass is 35.5. The number of carbonyl (C=O) groups is 1. The molecule has 2 aromatic heterocycles. The van der Waals surface area contributed by atoms with E-state index in [0.29, 0.717) is 30.2 Å². The molecule has 0 unspecified atom stereocenters. The first-order chi connectivity index (χ1) is 15.6. The number of aromatic amines is 1. The minimum atomic E-state index is -0.191. The molecule has 32 heavy (non-hydrogen) atoms. The third kappa shape index (κ3) is 3.97. The van der Waals surface area contributed by atoms with E-state index < -0.39 is 0 Å². The molecule has 6 nitrogen and oxygen atoms in total. The van der Waals surface area contributed by atoms with Gasteiger partial charge in [-0.15, -0.1) is 0 Å². The van der Waals surface area contributed by atoms with Crippen LogP contribution >= 0.6 is 11.6 Å². The summed E-state index contributed by atoms with van der Waals surface area (Å²) in [6, 6.07) is 21.5. The van der Waals surface area contributed by atoms with Crippen molar-refractivity contribution in [2.75, 3.05) is 6.54 Å². The number of imidazole rings is 1. The summed E-state index contributed by atoms with van der Waals surface area (Å²) in [6.45, 7) is 3.07. The molecular weight excluding hydrogens is 422 g/mol. The Morgan fingerprint density at radius 1 is 1.06 bits per heavy atom. The van der Waals surface area contributed by atoms with Gasteiger partial charge < -0.3 is 10.3 Å². The lowest BCUT2D eigenvalue weighted by molar-refractivity contribution is 0.0950. The minimum Gasteiger partial charge on any atom is -0.350 e. The Morgan fingerprint density at radius 3 is 2.69 bits per heavy atom. The lowest BCUT2D eigenvalue weighted by Gasteiger charge is -2.04. The largest absolute Gasteiger partial charge is 0.350 e. The summed E-state index contributed by atoms with van der Waals surface area (Å²) in [6.07, 6.45) is 0.614. The van der Waals surface area contributed by atoms with Crippen molar-refractivity contribution in [3.63, 3.8) is 0 Å². The fraction of sp³-hybridized carbons (Fsp3) is 0.160. The van der Waals surface area contributed by atoms with Gasteiger partial charge in [-0.2, -0.15) is 5.10 Å². The van der Waals surface area contributed by atoms with Gasteiger partial charge in [0.1, 0.15) is 5.82 Å². The summed E-state index contributed by atoms with van der Waals surface area (Å²) in [5, 5.41) is 9.14. The lowest BCUT2D eigenvalue weighted by atomic mass is 10.2. The van der Waals surface area contributed by atoms with E-state index in [4.69, 9.17) is 11.6 Å². The smallest absolute Gasteiger partial charge is 0.272 e. The number of halogens is 1. The number of rotatable bonds is 6. The molecule has 2 heterocycles. The Morgan fingerprint density at radius 2 is 1.88 bits per heavy atom. The predicted molar refractivity (Wildman–Crippen MR) is 127 cm³/mol. The maximum absolute atomic E-state index is 13.0. The van der Waals surface area contributed by atoms with E-state index in [-0.39, 0.29) is 5.91 Å². The van der Waals surface area contributed by atoms with Crippen molar-refractivity contribution in [2.24, 2.45) is 0 Å². The number of para-hydroxylation sites is 2. The van der Waals surface area contributed by atoms with Crippen LogP contribution in [0.5, 0.6) is 0 Å². The molecule has 160 valence electrons. The van der Waals surface area contributed by atoms with E-state index in [9.17, 15) is 4.79 Å². The number of hydrogen-bond donors (Lipinski definition) is 2. The highest BCUT2D eigenvalue weighted by Crippen LogP contribution is 2.20. The second-order valence-electron chi connectivity index (χ2n) is 7.81. The van der Waals surface area contributed by atoms with Crippen LogP contribution in [0.15, 0.2) is 66.7 Å². The van der Waals surface area contributed by atoms with Crippen LogP contribution < -0.4 is 5.32 Å². The van der Waals surface area contributed by atoms with Crippen molar-refractivity contribution in [1.82, 2.24) is 25.1 Å². The molecule has 2 N–H and O–H groups in total. The highest BCUT2D eigenvalue weighted by Gasteiger charge is 2.17. The van der Waals surface area contributed by atoms with Crippen molar-refractivity contribution in [1.29, 1.82) is 0 Å². The molecule has 0 bridgehead atoms. The van der Waals surface area contributed by atoms with Gasteiger partial charge in [-0.05, 0) is 42.3 Å². The number of nitrogens with zero attached hydrogens (tertiary/aromatic N) is 3. The van der Waals surface area contributed by atoms with Gasteiger partial charge in [0.25, 0.3) is 5.91 Å². The second-order valence-corrected chi connectivity index (χ2v) is 8.25. The normalized spacial score (nSPS) is 11.3. The van der Waals surface area contributed by atoms with Gasteiger partial charge in [-0.25, -0.2) is 4.98 Å². The first-order valence-corrected chi connectivity index (χ1v) is 10.9. The SMILES string of the molecule is Cc1cccc2[nH]c(CCNC(=O)c3nn(Cc4ccc(Cl)cc4)c4ccccc34)nc12. The fourth-order valence-corrected chi connectivity index (χ4v) is 4.03. The Balaban J connectivity index is 1.32. The fourth-order valence-electron chi connectivity index (χ4n) is 3.90. The maximum atomic E-state index is 13.0. The number of benzene rings is 3. The number of aryl methyl sites for hydroxylation is 1. The molecule has 0 saturated heterocycles. The maximum Gasteiger partial charge on any atom is 0.272 e. The molecule has 0 aliphatic carbocycles. The van der Waals surface area contributed by atoms with Crippen LogP contribution in [-0.4, -0.2) is 32.2 Å². The predicted octanol–water partition coefficient (Wildman–Crippen LogP) is 4.90. The van der Waals surface area contributed by atoms with Crippen molar-refractivity contribution in [2.45, 2.75) is 19.9 Å². The summed E-state index contributed by atoms with van der Waals surface area (Å²) < 4.78 is 1.86. The number of nitrogens with one attached hydrogen (secondary N) is 2. The Kier molecular flexibility index (Phi) is 5.37. The van der Waals surface area contributed by atoms with E-state index >= 15 is 0 Å². The van der Waals surface area contributed by atoms with E-state index in [1.165, 1.54) is 0 Å². The third-order valence-corrected chi connectivity index (χ3v) is 5.78. The molecule has 0 fully saturated rings. The Bertz CT molecular complexity index is 1420. The summed E-state index contributed by atoms with van der Waals surface area (Å²) in [7, 11) is 0. The number of H-pyrrole nitrogens is 1. The Labute approximate surface area is 190 Å². The molecule has 0 spiro atoms. The molecule has 7 heteroatoms. The molecule has 1 amide bonds. The number of hydrogen-bond acceptors (Lipinski definition) is 3. The molecule has 0 atom stereocenters. The topological polar surface area (TPSA) is 75.6 Å². The van der Waals surface area contributed by atoms with Gasteiger partial charge in [0.15, 0.2) is 5.69 Å². The third-order valence-electron chi connectivity index (χ3n) is 5.53. The van der Waals surface area contributed by atoms with Crippen LogP contribution in [0.3, 0.4) is 0 Å². The summed E-state index contributed by atoms with van der Waals surface area (Å²) >= 11 is 6.00. The van der Waals surface area contributed by atoms with Crippen LogP contribution in [-0.2, 0) is 13.0 Å². The average Bonchev–Trinajstić information content (AvgIpc) is 3.38. The standard InChI is InChI=1S/C25H22ClN5O/c1-16-5-4-7-20-23(16)29-22(28-20)13-14-27-25(32)24-19-6-2-3-8-21(19)31(30-24)15-17-9-11-18(26)12-10-17/h2-12H,13-15H2,1H3,(H,27,32)(H,28,29). The van der Waals surface area contributed by atoms with Gasteiger partial charge in [-0.1, -0.05) is 54.1 Å². The lowest BCUT2D eigenvalue weighted by Crippen LogP contribution is -2.26. The zero-order chi connectivity index (χ0) is 22.1. The molecule has 0 aliphatic rings. The van der Waals surface area contributed by atoms with Gasteiger partial charge in [-0.3, -0.25) is 9.48 Å². The second kappa shape index (κ2) is 8.48. The molecule has 0 aliphatic heterocycles. The van der Waals surface area contributed by atoms with Crippen LogP contribution in [0.4, 0.5) is 0 Å². The molecule has 5 rings (SSSR count). The van der Waals surface area contributed by atoms with Gasteiger partial charge in [0.05, 0.1) is 23.1 Å². The number of carbonyl (C=O) groups excluding carboxylic acids is 1.